The molecule has 0 aliphatic rings. The van der Waals surface area contributed by atoms with E-state index in [0.717, 1.165) is 16.2 Å². The number of aromatic nitrogens is 2. The van der Waals surface area contributed by atoms with Crippen LogP contribution in [0.5, 0.6) is 0 Å². The molecule has 0 atom stereocenters. The minimum absolute atomic E-state index is 0.0181. The molecule has 8 nitrogen and oxygen atoms in total. The fraction of sp³-hybridized carbons (Fsp3) is 0.300. The van der Waals surface area contributed by atoms with Crippen molar-refractivity contribution >= 4 is 39.4 Å². The van der Waals surface area contributed by atoms with Crippen LogP contribution in [-0.2, 0) is 9.53 Å². The van der Waals surface area contributed by atoms with Gasteiger partial charge in [0.25, 0.3) is 0 Å². The van der Waals surface area contributed by atoms with Gasteiger partial charge in [-0.1, -0.05) is 6.07 Å². The number of benzene rings is 1. The van der Waals surface area contributed by atoms with E-state index < -0.39 is 5.97 Å². The molecule has 4 N–H and O–H groups in total. The number of nitrogens with one attached hydrogen (secondary N) is 2. The molecule has 146 valence electrons. The van der Waals surface area contributed by atoms with Crippen molar-refractivity contribution in [1.82, 2.24) is 15.3 Å². The van der Waals surface area contributed by atoms with Crippen molar-refractivity contribution in [3.63, 3.8) is 0 Å². The smallest absolute Gasteiger partial charge is 0.337 e. The predicted molar refractivity (Wildman–Crippen MR) is 108 cm³/mol. The molecule has 1 aromatic carbocycles. The van der Waals surface area contributed by atoms with Crippen molar-refractivity contribution in [3.8, 4) is 0 Å². The van der Waals surface area contributed by atoms with Gasteiger partial charge in [0.05, 0.1) is 18.2 Å². The number of hydrogen-bond donors (Lipinski definition) is 3. The van der Waals surface area contributed by atoms with E-state index in [4.69, 9.17) is 10.5 Å². The number of methoxy groups -OCH3 is 1. The molecule has 1 amide bonds. The maximum Gasteiger partial charge on any atom is 0.337 e. The molecule has 2 aromatic heterocycles. The van der Waals surface area contributed by atoms with Crippen molar-refractivity contribution in [3.05, 3.63) is 42.2 Å². The summed E-state index contributed by atoms with van der Waals surface area (Å²) < 4.78 is 4.79. The second kappa shape index (κ2) is 9.09. The molecule has 0 unspecified atom stereocenters. The van der Waals surface area contributed by atoms with Crippen LogP contribution in [0, 0.1) is 0 Å². The molecule has 0 radical (unpaired) electrons. The molecule has 0 aliphatic carbocycles. The summed E-state index contributed by atoms with van der Waals surface area (Å²) >= 11 is 0. The van der Waals surface area contributed by atoms with Gasteiger partial charge in [-0.25, -0.2) is 9.78 Å². The molecule has 0 saturated heterocycles. The highest BCUT2D eigenvalue weighted by Gasteiger charge is 2.12. The van der Waals surface area contributed by atoms with Gasteiger partial charge in [0.2, 0.25) is 5.91 Å². The van der Waals surface area contributed by atoms with Crippen LogP contribution < -0.4 is 16.4 Å². The molecule has 3 aromatic rings. The van der Waals surface area contributed by atoms with E-state index in [1.807, 2.05) is 12.1 Å². The zero-order valence-corrected chi connectivity index (χ0v) is 15.7. The van der Waals surface area contributed by atoms with Gasteiger partial charge >= 0.3 is 5.97 Å². The number of nitrogens with two attached hydrogens (primary N) is 1. The van der Waals surface area contributed by atoms with E-state index in [1.165, 1.54) is 7.11 Å². The first-order valence-corrected chi connectivity index (χ1v) is 9.10. The number of pyridine rings is 2. The first-order chi connectivity index (χ1) is 13.6. The third-order valence-corrected chi connectivity index (χ3v) is 4.37. The quantitative estimate of drug-likeness (QED) is 0.309. The number of fused-ring (bicyclic) bond motifs is 3. The Bertz CT molecular complexity index is 1010. The van der Waals surface area contributed by atoms with E-state index >= 15 is 0 Å². The first-order valence-electron chi connectivity index (χ1n) is 9.10. The molecular weight excluding hydrogens is 358 g/mol. The Morgan fingerprint density at radius 2 is 2.00 bits per heavy atom. The standard InChI is InChI=1S/C20H23N5O3/c1-28-20(27)13-4-5-14-16-12-22-8-6-15(16)19(25-17(14)11-13)24-10-9-23-18(26)3-2-7-21/h4-6,8,11-12H,2-3,7,9-10,21H2,1H3,(H,23,26)(H,24,25). The monoisotopic (exact) mass is 381 g/mol. The Kier molecular flexibility index (Phi) is 6.33. The van der Waals surface area contributed by atoms with Crippen LogP contribution in [0.15, 0.2) is 36.7 Å². The predicted octanol–water partition coefficient (Wildman–Crippen LogP) is 1.84. The third-order valence-electron chi connectivity index (χ3n) is 4.37. The highest BCUT2D eigenvalue weighted by molar-refractivity contribution is 6.10. The molecule has 0 spiro atoms. The first kappa shape index (κ1) is 19.5. The second-order valence-electron chi connectivity index (χ2n) is 6.27. The lowest BCUT2D eigenvalue weighted by Gasteiger charge is -2.12. The highest BCUT2D eigenvalue weighted by atomic mass is 16.5. The third kappa shape index (κ3) is 4.34. The fourth-order valence-corrected chi connectivity index (χ4v) is 2.96. The number of amides is 1. The van der Waals surface area contributed by atoms with E-state index in [0.29, 0.717) is 49.4 Å². The number of nitrogens with zero attached hydrogens (tertiary/aromatic N) is 2. The molecule has 3 rings (SSSR count). The van der Waals surface area contributed by atoms with Gasteiger partial charge in [0, 0.05) is 48.1 Å². The van der Waals surface area contributed by atoms with Gasteiger partial charge in [-0.2, -0.15) is 0 Å². The van der Waals surface area contributed by atoms with Crippen LogP contribution >= 0.6 is 0 Å². The summed E-state index contributed by atoms with van der Waals surface area (Å²) in [5.74, 6) is 0.239. The minimum atomic E-state index is -0.412. The van der Waals surface area contributed by atoms with Gasteiger partial charge in [-0.15, -0.1) is 0 Å². The van der Waals surface area contributed by atoms with E-state index in [9.17, 15) is 9.59 Å². The Labute approximate surface area is 162 Å². The highest BCUT2D eigenvalue weighted by Crippen LogP contribution is 2.29. The molecule has 28 heavy (non-hydrogen) atoms. The Hall–Kier alpha value is -3.26. The van der Waals surface area contributed by atoms with Crippen molar-refractivity contribution in [2.45, 2.75) is 12.8 Å². The average molecular weight is 381 g/mol. The molecule has 0 bridgehead atoms. The number of carbonyl (C=O) groups excluding carboxylic acids is 2. The summed E-state index contributed by atoms with van der Waals surface area (Å²) in [5.41, 5.74) is 6.51. The zero-order valence-electron chi connectivity index (χ0n) is 15.7. The van der Waals surface area contributed by atoms with Crippen LogP contribution in [0.4, 0.5) is 5.82 Å². The number of rotatable bonds is 8. The van der Waals surface area contributed by atoms with E-state index in [1.54, 1.807) is 24.5 Å². The normalized spacial score (nSPS) is 10.8. The summed E-state index contributed by atoms with van der Waals surface area (Å²) in [6.45, 7) is 1.49. The summed E-state index contributed by atoms with van der Waals surface area (Å²) in [6, 6.07) is 7.15. The summed E-state index contributed by atoms with van der Waals surface area (Å²) in [7, 11) is 1.35. The van der Waals surface area contributed by atoms with E-state index in [-0.39, 0.29) is 5.91 Å². The number of anilines is 1. The maximum absolute atomic E-state index is 11.8. The number of esters is 1. The second-order valence-corrected chi connectivity index (χ2v) is 6.27. The maximum atomic E-state index is 11.8. The summed E-state index contributed by atoms with van der Waals surface area (Å²) in [6.07, 6.45) is 4.58. The van der Waals surface area contributed by atoms with Crippen LogP contribution in [-0.4, -0.2) is 48.6 Å². The van der Waals surface area contributed by atoms with Gasteiger partial charge in [-0.05, 0) is 31.2 Å². The summed E-state index contributed by atoms with van der Waals surface area (Å²) in [4.78, 5) is 32.4. The fourth-order valence-electron chi connectivity index (χ4n) is 2.96. The Morgan fingerprint density at radius 1 is 1.14 bits per heavy atom. The molecular formula is C20H23N5O3. The van der Waals surface area contributed by atoms with E-state index in [2.05, 4.69) is 20.6 Å². The van der Waals surface area contributed by atoms with Crippen molar-refractivity contribution < 1.29 is 14.3 Å². The van der Waals surface area contributed by atoms with Crippen LogP contribution in [0.2, 0.25) is 0 Å². The summed E-state index contributed by atoms with van der Waals surface area (Å²) in [5, 5.41) is 8.85. The number of ether oxygens (including phenoxy) is 1. The lowest BCUT2D eigenvalue weighted by Crippen LogP contribution is -2.29. The molecule has 8 heteroatoms. The van der Waals surface area contributed by atoms with Crippen LogP contribution in [0.25, 0.3) is 21.7 Å². The Morgan fingerprint density at radius 3 is 2.79 bits per heavy atom. The van der Waals surface area contributed by atoms with Crippen LogP contribution in [0.1, 0.15) is 23.2 Å². The molecule has 0 aliphatic heterocycles. The molecule has 2 heterocycles. The average Bonchev–Trinajstić information content (AvgIpc) is 2.74. The van der Waals surface area contributed by atoms with Gasteiger partial charge in [0.1, 0.15) is 5.82 Å². The lowest BCUT2D eigenvalue weighted by molar-refractivity contribution is -0.121. The zero-order chi connectivity index (χ0) is 19.9. The number of carbonyl (C=O) groups is 2. The van der Waals surface area contributed by atoms with Crippen molar-refractivity contribution in [2.24, 2.45) is 5.73 Å². The lowest BCUT2D eigenvalue weighted by atomic mass is 10.1. The van der Waals surface area contributed by atoms with Gasteiger partial charge in [0.15, 0.2) is 0 Å². The number of hydrogen-bond acceptors (Lipinski definition) is 7. The SMILES string of the molecule is COC(=O)c1ccc2c(c1)nc(NCCNC(=O)CCCN)c1ccncc12. The Balaban J connectivity index is 1.83. The van der Waals surface area contributed by atoms with Gasteiger partial charge in [-0.3, -0.25) is 9.78 Å². The van der Waals surface area contributed by atoms with Crippen LogP contribution in [0.3, 0.4) is 0 Å². The van der Waals surface area contributed by atoms with Gasteiger partial charge < -0.3 is 21.1 Å². The molecule has 0 fully saturated rings. The largest absolute Gasteiger partial charge is 0.465 e. The molecule has 0 saturated carbocycles. The topological polar surface area (TPSA) is 119 Å². The minimum Gasteiger partial charge on any atom is -0.465 e. The van der Waals surface area contributed by atoms with Crippen molar-refractivity contribution in [1.29, 1.82) is 0 Å². The van der Waals surface area contributed by atoms with Crippen molar-refractivity contribution in [2.75, 3.05) is 32.1 Å².